The third kappa shape index (κ3) is 6.05. The summed E-state index contributed by atoms with van der Waals surface area (Å²) in [5, 5.41) is 2.36. The maximum Gasteiger partial charge on any atom is 0.416 e. The van der Waals surface area contributed by atoms with Gasteiger partial charge >= 0.3 is 12.4 Å². The van der Waals surface area contributed by atoms with Crippen molar-refractivity contribution < 1.29 is 35.5 Å². The molecule has 0 aliphatic carbocycles. The SMILES string of the molecule is Cc1cc(F)ccc1-c1cc(CI)ncc1C(=O)NCc1cc(C(F)(F)F)cc(C(F)(F)F)c1. The number of aromatic nitrogens is 1. The zero-order chi connectivity index (χ0) is 25.3. The predicted molar refractivity (Wildman–Crippen MR) is 120 cm³/mol. The lowest BCUT2D eigenvalue weighted by Crippen LogP contribution is -2.24. The van der Waals surface area contributed by atoms with Crippen molar-refractivity contribution in [1.82, 2.24) is 10.3 Å². The van der Waals surface area contributed by atoms with Crippen molar-refractivity contribution in [2.75, 3.05) is 0 Å². The number of alkyl halides is 7. The normalized spacial score (nSPS) is 12.0. The molecule has 0 spiro atoms. The topological polar surface area (TPSA) is 42.0 Å². The van der Waals surface area contributed by atoms with Gasteiger partial charge in [0.1, 0.15) is 5.82 Å². The number of carbonyl (C=O) groups is 1. The van der Waals surface area contributed by atoms with Gasteiger partial charge in [-0.05, 0) is 65.6 Å². The molecule has 0 aliphatic rings. The van der Waals surface area contributed by atoms with Crippen molar-refractivity contribution in [1.29, 1.82) is 0 Å². The quantitative estimate of drug-likeness (QED) is 0.194. The second-order valence-corrected chi connectivity index (χ2v) is 8.17. The van der Waals surface area contributed by atoms with Crippen molar-refractivity contribution in [2.24, 2.45) is 0 Å². The molecule has 0 atom stereocenters. The van der Waals surface area contributed by atoms with Crippen LogP contribution < -0.4 is 5.32 Å². The number of pyridine rings is 1. The number of halogens is 8. The van der Waals surface area contributed by atoms with Gasteiger partial charge in [-0.25, -0.2) is 4.39 Å². The molecule has 1 heterocycles. The fourth-order valence-corrected chi connectivity index (χ4v) is 3.72. The van der Waals surface area contributed by atoms with Gasteiger partial charge in [0.2, 0.25) is 0 Å². The fourth-order valence-electron chi connectivity index (χ4n) is 3.30. The van der Waals surface area contributed by atoms with E-state index in [-0.39, 0.29) is 17.2 Å². The number of aryl methyl sites for hydroxylation is 1. The van der Waals surface area contributed by atoms with Crippen LogP contribution in [0.2, 0.25) is 0 Å². The standard InChI is InChI=1S/C23H16F7IN2O/c1-12-4-16(24)2-3-18(12)19-8-17(9-31)32-11-20(19)21(34)33-10-13-5-14(22(25,26)27)7-15(6-13)23(28,29)30/h2-8,11H,9-10H2,1H3,(H,33,34). The fraction of sp³-hybridized carbons (Fsp3) is 0.217. The second-order valence-electron chi connectivity index (χ2n) is 7.41. The number of benzene rings is 2. The van der Waals surface area contributed by atoms with Gasteiger partial charge in [-0.15, -0.1) is 0 Å². The summed E-state index contributed by atoms with van der Waals surface area (Å²) in [5.41, 5.74) is -1.14. The molecule has 0 saturated heterocycles. The first-order chi connectivity index (χ1) is 15.8. The Morgan fingerprint density at radius 2 is 1.56 bits per heavy atom. The molecule has 34 heavy (non-hydrogen) atoms. The molecule has 3 rings (SSSR count). The van der Waals surface area contributed by atoms with Gasteiger partial charge in [-0.1, -0.05) is 28.7 Å². The van der Waals surface area contributed by atoms with Gasteiger partial charge in [-0.2, -0.15) is 26.3 Å². The van der Waals surface area contributed by atoms with E-state index >= 15 is 0 Å². The molecule has 0 bridgehead atoms. The average molecular weight is 596 g/mol. The lowest BCUT2D eigenvalue weighted by atomic mass is 9.96. The average Bonchev–Trinajstić information content (AvgIpc) is 2.75. The van der Waals surface area contributed by atoms with Crippen LogP contribution in [0.25, 0.3) is 11.1 Å². The van der Waals surface area contributed by atoms with Crippen LogP contribution in [-0.4, -0.2) is 10.9 Å². The third-order valence-electron chi connectivity index (χ3n) is 4.92. The molecule has 3 nitrogen and oxygen atoms in total. The molecule has 0 unspecified atom stereocenters. The van der Waals surface area contributed by atoms with Crippen molar-refractivity contribution in [2.45, 2.75) is 30.2 Å². The Morgan fingerprint density at radius 1 is 0.941 bits per heavy atom. The van der Waals surface area contributed by atoms with Gasteiger partial charge in [-0.3, -0.25) is 9.78 Å². The summed E-state index contributed by atoms with van der Waals surface area (Å²) in [6, 6.07) is 6.74. The van der Waals surface area contributed by atoms with Crippen LogP contribution in [0.15, 0.2) is 48.7 Å². The largest absolute Gasteiger partial charge is 0.416 e. The number of hydrogen-bond acceptors (Lipinski definition) is 2. The lowest BCUT2D eigenvalue weighted by molar-refractivity contribution is -0.143. The predicted octanol–water partition coefficient (Wildman–Crippen LogP) is 7.10. The molecule has 1 amide bonds. The first-order valence-corrected chi connectivity index (χ1v) is 11.2. The highest BCUT2D eigenvalue weighted by Gasteiger charge is 2.36. The number of rotatable bonds is 5. The van der Waals surface area contributed by atoms with E-state index in [4.69, 9.17) is 0 Å². The Kier molecular flexibility index (Phi) is 7.53. The van der Waals surface area contributed by atoms with E-state index in [0.717, 1.165) is 0 Å². The third-order valence-corrected chi connectivity index (χ3v) is 5.70. The number of carbonyl (C=O) groups excluding carboxylic acids is 1. The van der Waals surface area contributed by atoms with Gasteiger partial charge in [0, 0.05) is 17.2 Å². The summed E-state index contributed by atoms with van der Waals surface area (Å²) in [4.78, 5) is 17.0. The van der Waals surface area contributed by atoms with Crippen LogP contribution in [0.5, 0.6) is 0 Å². The summed E-state index contributed by atoms with van der Waals surface area (Å²) < 4.78 is 92.6. The van der Waals surface area contributed by atoms with Crippen LogP contribution in [0.4, 0.5) is 30.7 Å². The monoisotopic (exact) mass is 596 g/mol. The molecule has 0 fully saturated rings. The Morgan fingerprint density at radius 3 is 2.09 bits per heavy atom. The number of hydrogen-bond donors (Lipinski definition) is 1. The molecule has 180 valence electrons. The maximum absolute atomic E-state index is 13.6. The highest BCUT2D eigenvalue weighted by Crippen LogP contribution is 2.36. The molecule has 0 aliphatic heterocycles. The molecule has 2 aromatic carbocycles. The summed E-state index contributed by atoms with van der Waals surface area (Å²) in [5.74, 6) is -1.22. The van der Waals surface area contributed by atoms with Crippen LogP contribution in [0.1, 0.15) is 38.3 Å². The van der Waals surface area contributed by atoms with E-state index in [1.165, 1.54) is 24.4 Å². The number of amides is 1. The van der Waals surface area contributed by atoms with E-state index in [2.05, 4.69) is 32.9 Å². The van der Waals surface area contributed by atoms with Gasteiger partial charge in [0.15, 0.2) is 0 Å². The molecular weight excluding hydrogens is 580 g/mol. The smallest absolute Gasteiger partial charge is 0.348 e. The second kappa shape index (κ2) is 9.88. The van der Waals surface area contributed by atoms with Crippen molar-refractivity contribution >= 4 is 28.5 Å². The van der Waals surface area contributed by atoms with E-state index < -0.39 is 41.7 Å². The van der Waals surface area contributed by atoms with E-state index in [9.17, 15) is 35.5 Å². The molecule has 0 radical (unpaired) electrons. The number of nitrogens with one attached hydrogen (secondary N) is 1. The Balaban J connectivity index is 1.95. The Bertz CT molecular complexity index is 1190. The zero-order valence-electron chi connectivity index (χ0n) is 17.4. The highest BCUT2D eigenvalue weighted by atomic mass is 127. The molecule has 3 aromatic rings. The van der Waals surface area contributed by atoms with Gasteiger partial charge < -0.3 is 5.32 Å². The van der Waals surface area contributed by atoms with Crippen LogP contribution in [0.3, 0.4) is 0 Å². The minimum Gasteiger partial charge on any atom is -0.348 e. The van der Waals surface area contributed by atoms with Crippen LogP contribution in [-0.2, 0) is 23.3 Å². The summed E-state index contributed by atoms with van der Waals surface area (Å²) >= 11 is 2.07. The van der Waals surface area contributed by atoms with Crippen molar-refractivity contribution in [3.05, 3.63) is 88.0 Å². The Hall–Kier alpha value is -2.70. The van der Waals surface area contributed by atoms with E-state index in [1.807, 2.05) is 0 Å². The maximum atomic E-state index is 13.6. The molecule has 0 saturated carbocycles. The Labute approximate surface area is 203 Å². The number of nitrogens with zero attached hydrogens (tertiary/aromatic N) is 1. The van der Waals surface area contributed by atoms with Crippen molar-refractivity contribution in [3.63, 3.8) is 0 Å². The lowest BCUT2D eigenvalue weighted by Gasteiger charge is -2.16. The summed E-state index contributed by atoms with van der Waals surface area (Å²) in [6.45, 7) is 1.06. The van der Waals surface area contributed by atoms with Gasteiger partial charge in [0.25, 0.3) is 5.91 Å². The molecule has 11 heteroatoms. The van der Waals surface area contributed by atoms with E-state index in [0.29, 0.717) is 38.9 Å². The van der Waals surface area contributed by atoms with Crippen LogP contribution >= 0.6 is 22.6 Å². The summed E-state index contributed by atoms with van der Waals surface area (Å²) in [7, 11) is 0. The minimum absolute atomic E-state index is 0.0212. The summed E-state index contributed by atoms with van der Waals surface area (Å²) in [6.07, 6.45) is -8.71. The van der Waals surface area contributed by atoms with Gasteiger partial charge in [0.05, 0.1) is 22.4 Å². The van der Waals surface area contributed by atoms with Crippen molar-refractivity contribution in [3.8, 4) is 11.1 Å². The molecular formula is C23H16F7IN2O. The van der Waals surface area contributed by atoms with Crippen LogP contribution in [0, 0.1) is 12.7 Å². The van der Waals surface area contributed by atoms with E-state index in [1.54, 1.807) is 13.0 Å². The zero-order valence-corrected chi connectivity index (χ0v) is 19.6. The molecule has 1 N–H and O–H groups in total. The first kappa shape index (κ1) is 25.9. The molecule has 1 aromatic heterocycles. The minimum atomic E-state index is -4.99. The highest BCUT2D eigenvalue weighted by molar-refractivity contribution is 14.1. The first-order valence-electron chi connectivity index (χ1n) is 9.67.